The maximum absolute atomic E-state index is 5.54. The summed E-state index contributed by atoms with van der Waals surface area (Å²) >= 11 is 0. The van der Waals surface area contributed by atoms with Crippen molar-refractivity contribution in [3.8, 4) is 5.75 Å². The molecule has 0 radical (unpaired) electrons. The molecule has 0 unspecified atom stereocenters. The van der Waals surface area contributed by atoms with Crippen LogP contribution in [0.15, 0.2) is 22.6 Å². The normalized spacial score (nSPS) is 14.3. The largest absolute Gasteiger partial charge is 0.496 e. The first kappa shape index (κ1) is 12.9. The minimum atomic E-state index is 0.405. The van der Waals surface area contributed by atoms with Crippen LogP contribution < -0.4 is 15.4 Å². The minimum absolute atomic E-state index is 0.405. The molecule has 0 amide bonds. The summed E-state index contributed by atoms with van der Waals surface area (Å²) < 4.78 is 10.8. The molecule has 1 fully saturated rings. The molecular weight excluding hydrogens is 256 g/mol. The fourth-order valence-electron chi connectivity index (χ4n) is 1.97. The van der Waals surface area contributed by atoms with E-state index in [1.807, 2.05) is 25.1 Å². The third kappa shape index (κ3) is 3.08. The Kier molecular flexibility index (Phi) is 3.56. The molecule has 1 heterocycles. The van der Waals surface area contributed by atoms with Gasteiger partial charge in [0.25, 0.3) is 0 Å². The van der Waals surface area contributed by atoms with Crippen LogP contribution in [0.2, 0.25) is 0 Å². The van der Waals surface area contributed by atoms with Gasteiger partial charge in [0.2, 0.25) is 5.89 Å². The van der Waals surface area contributed by atoms with Crippen molar-refractivity contribution in [1.29, 1.82) is 0 Å². The van der Waals surface area contributed by atoms with Gasteiger partial charge in [-0.15, -0.1) is 5.10 Å². The summed E-state index contributed by atoms with van der Waals surface area (Å²) in [7, 11) is 1.66. The SMILES string of the molecule is COc1ccc(Nc2nnc(CNC3CC3)o2)cc1C. The van der Waals surface area contributed by atoms with Crippen molar-refractivity contribution >= 4 is 11.7 Å². The Morgan fingerprint density at radius 1 is 1.35 bits per heavy atom. The Balaban J connectivity index is 1.63. The van der Waals surface area contributed by atoms with Crippen LogP contribution in [0.3, 0.4) is 0 Å². The number of hydrogen-bond donors (Lipinski definition) is 2. The van der Waals surface area contributed by atoms with Crippen LogP contribution in [-0.4, -0.2) is 23.3 Å². The highest BCUT2D eigenvalue weighted by molar-refractivity contribution is 5.56. The predicted molar refractivity (Wildman–Crippen MR) is 75.2 cm³/mol. The quantitative estimate of drug-likeness (QED) is 0.842. The lowest BCUT2D eigenvalue weighted by Crippen LogP contribution is -2.15. The van der Waals surface area contributed by atoms with Crippen LogP contribution in [0.5, 0.6) is 5.75 Å². The first-order valence-corrected chi connectivity index (χ1v) is 6.72. The Bertz CT molecular complexity index is 593. The molecule has 106 valence electrons. The molecule has 0 atom stereocenters. The number of methoxy groups -OCH3 is 1. The molecule has 1 saturated carbocycles. The lowest BCUT2D eigenvalue weighted by molar-refractivity contribution is 0.412. The van der Waals surface area contributed by atoms with E-state index in [-0.39, 0.29) is 0 Å². The maximum atomic E-state index is 5.54. The van der Waals surface area contributed by atoms with Gasteiger partial charge in [0.05, 0.1) is 13.7 Å². The molecule has 1 aliphatic carbocycles. The number of anilines is 2. The molecule has 3 rings (SSSR count). The van der Waals surface area contributed by atoms with Gasteiger partial charge in [-0.2, -0.15) is 0 Å². The molecule has 6 heteroatoms. The van der Waals surface area contributed by atoms with E-state index in [2.05, 4.69) is 20.8 Å². The number of ether oxygens (including phenoxy) is 1. The fourth-order valence-corrected chi connectivity index (χ4v) is 1.97. The second-order valence-electron chi connectivity index (χ2n) is 4.97. The first-order chi connectivity index (χ1) is 9.74. The Morgan fingerprint density at radius 2 is 2.20 bits per heavy atom. The molecule has 1 aliphatic rings. The summed E-state index contributed by atoms with van der Waals surface area (Å²) in [6, 6.07) is 6.83. The third-order valence-electron chi connectivity index (χ3n) is 3.23. The van der Waals surface area contributed by atoms with Crippen molar-refractivity contribution in [3.63, 3.8) is 0 Å². The average molecular weight is 274 g/mol. The van der Waals surface area contributed by atoms with Crippen LogP contribution in [0.4, 0.5) is 11.7 Å². The van der Waals surface area contributed by atoms with Crippen molar-refractivity contribution in [1.82, 2.24) is 15.5 Å². The Labute approximate surface area is 117 Å². The standard InChI is InChI=1S/C14H18N4O2/c1-9-7-11(5-6-12(9)19-2)16-14-18-17-13(20-14)8-15-10-3-4-10/h5-7,10,15H,3-4,8H2,1-2H3,(H,16,18). The molecule has 2 N–H and O–H groups in total. The van der Waals surface area contributed by atoms with Gasteiger partial charge in [-0.1, -0.05) is 5.10 Å². The summed E-state index contributed by atoms with van der Waals surface area (Å²) in [5.74, 6) is 1.46. The van der Waals surface area contributed by atoms with Gasteiger partial charge in [0.1, 0.15) is 5.75 Å². The van der Waals surface area contributed by atoms with Gasteiger partial charge >= 0.3 is 6.01 Å². The number of hydrogen-bond acceptors (Lipinski definition) is 6. The number of aromatic nitrogens is 2. The van der Waals surface area contributed by atoms with Crippen molar-refractivity contribution < 1.29 is 9.15 Å². The second kappa shape index (κ2) is 5.50. The maximum Gasteiger partial charge on any atom is 0.320 e. The topological polar surface area (TPSA) is 72.2 Å². The molecule has 2 aromatic rings. The van der Waals surface area contributed by atoms with Crippen LogP contribution in [0, 0.1) is 6.92 Å². The van der Waals surface area contributed by atoms with Crippen LogP contribution in [0.25, 0.3) is 0 Å². The smallest absolute Gasteiger partial charge is 0.320 e. The van der Waals surface area contributed by atoms with E-state index in [1.54, 1.807) is 7.11 Å². The van der Waals surface area contributed by atoms with E-state index in [4.69, 9.17) is 9.15 Å². The predicted octanol–water partition coefficient (Wildman–Crippen LogP) is 2.38. The van der Waals surface area contributed by atoms with E-state index in [0.29, 0.717) is 24.5 Å². The van der Waals surface area contributed by atoms with E-state index >= 15 is 0 Å². The lowest BCUT2D eigenvalue weighted by atomic mass is 10.2. The van der Waals surface area contributed by atoms with Crippen LogP contribution in [-0.2, 0) is 6.54 Å². The molecule has 6 nitrogen and oxygen atoms in total. The van der Waals surface area contributed by atoms with E-state index in [1.165, 1.54) is 12.8 Å². The van der Waals surface area contributed by atoms with Gasteiger partial charge in [0, 0.05) is 11.7 Å². The Morgan fingerprint density at radius 3 is 2.90 bits per heavy atom. The highest BCUT2D eigenvalue weighted by Crippen LogP contribution is 2.24. The van der Waals surface area contributed by atoms with Gasteiger partial charge in [-0.3, -0.25) is 0 Å². The summed E-state index contributed by atoms with van der Waals surface area (Å²) in [4.78, 5) is 0. The van der Waals surface area contributed by atoms with E-state index < -0.39 is 0 Å². The second-order valence-corrected chi connectivity index (χ2v) is 4.97. The molecule has 1 aromatic heterocycles. The minimum Gasteiger partial charge on any atom is -0.496 e. The Hall–Kier alpha value is -2.08. The number of nitrogens with zero attached hydrogens (tertiary/aromatic N) is 2. The van der Waals surface area contributed by atoms with Crippen LogP contribution in [0.1, 0.15) is 24.3 Å². The average Bonchev–Trinajstić information content (AvgIpc) is 3.17. The molecule has 0 spiro atoms. The zero-order valence-corrected chi connectivity index (χ0v) is 11.6. The van der Waals surface area contributed by atoms with Crippen molar-refractivity contribution in [2.75, 3.05) is 12.4 Å². The molecular formula is C14H18N4O2. The molecule has 0 bridgehead atoms. The fraction of sp³-hybridized carbons (Fsp3) is 0.429. The molecule has 0 saturated heterocycles. The summed E-state index contributed by atoms with van der Waals surface area (Å²) in [6.07, 6.45) is 2.48. The third-order valence-corrected chi connectivity index (χ3v) is 3.23. The van der Waals surface area contributed by atoms with Gasteiger partial charge in [-0.05, 0) is 43.5 Å². The van der Waals surface area contributed by atoms with Crippen molar-refractivity contribution in [2.24, 2.45) is 0 Å². The number of rotatable bonds is 6. The van der Waals surface area contributed by atoms with Gasteiger partial charge in [0.15, 0.2) is 0 Å². The van der Waals surface area contributed by atoms with E-state index in [9.17, 15) is 0 Å². The zero-order chi connectivity index (χ0) is 13.9. The summed E-state index contributed by atoms with van der Waals surface area (Å²) in [5, 5.41) is 14.4. The summed E-state index contributed by atoms with van der Waals surface area (Å²) in [5.41, 5.74) is 1.95. The zero-order valence-electron chi connectivity index (χ0n) is 11.6. The van der Waals surface area contributed by atoms with Gasteiger partial charge in [-0.25, -0.2) is 0 Å². The molecule has 1 aromatic carbocycles. The molecule has 20 heavy (non-hydrogen) atoms. The van der Waals surface area contributed by atoms with E-state index in [0.717, 1.165) is 17.0 Å². The van der Waals surface area contributed by atoms with Crippen molar-refractivity contribution in [3.05, 3.63) is 29.7 Å². The van der Waals surface area contributed by atoms with Crippen LogP contribution >= 0.6 is 0 Å². The summed E-state index contributed by atoms with van der Waals surface area (Å²) in [6.45, 7) is 2.61. The lowest BCUT2D eigenvalue weighted by Gasteiger charge is -2.07. The monoisotopic (exact) mass is 274 g/mol. The molecule has 0 aliphatic heterocycles. The number of benzene rings is 1. The first-order valence-electron chi connectivity index (χ1n) is 6.72. The number of nitrogens with one attached hydrogen (secondary N) is 2. The van der Waals surface area contributed by atoms with Gasteiger partial charge < -0.3 is 19.8 Å². The number of aryl methyl sites for hydroxylation is 1. The highest BCUT2D eigenvalue weighted by Gasteiger charge is 2.21. The highest BCUT2D eigenvalue weighted by atomic mass is 16.5. The van der Waals surface area contributed by atoms with Crippen molar-refractivity contribution in [2.45, 2.75) is 32.4 Å².